The van der Waals surface area contributed by atoms with Gasteiger partial charge in [-0.25, -0.2) is 9.97 Å². The number of hydrogen-bond donors (Lipinski definition) is 1. The van der Waals surface area contributed by atoms with Gasteiger partial charge in [-0.2, -0.15) is 11.8 Å². The summed E-state index contributed by atoms with van der Waals surface area (Å²) in [4.78, 5) is 8.29. The number of thioether (sulfide) groups is 1. The van der Waals surface area contributed by atoms with Gasteiger partial charge in [0.1, 0.15) is 5.82 Å². The van der Waals surface area contributed by atoms with Gasteiger partial charge in [0.25, 0.3) is 0 Å². The van der Waals surface area contributed by atoms with E-state index in [0.29, 0.717) is 5.82 Å². The van der Waals surface area contributed by atoms with Crippen molar-refractivity contribution in [3.05, 3.63) is 30.9 Å². The highest BCUT2D eigenvalue weighted by Crippen LogP contribution is 2.29. The van der Waals surface area contributed by atoms with E-state index in [1.165, 1.54) is 18.6 Å². The first-order valence-corrected chi connectivity index (χ1v) is 7.21. The number of nitrogen functional groups attached to an aromatic ring is 1. The van der Waals surface area contributed by atoms with Crippen LogP contribution >= 0.6 is 11.8 Å². The number of imidazole rings is 1. The lowest BCUT2D eigenvalue weighted by Crippen LogP contribution is -2.10. The first-order chi connectivity index (χ1) is 8.83. The summed E-state index contributed by atoms with van der Waals surface area (Å²) in [7, 11) is 0. The van der Waals surface area contributed by atoms with E-state index in [1.54, 1.807) is 6.20 Å². The van der Waals surface area contributed by atoms with Crippen molar-refractivity contribution in [3.63, 3.8) is 0 Å². The Balaban J connectivity index is 1.86. The molecule has 0 aliphatic carbocycles. The van der Waals surface area contributed by atoms with Gasteiger partial charge in [-0.05, 0) is 30.7 Å². The molecule has 1 unspecified atom stereocenters. The quantitative estimate of drug-likeness (QED) is 0.921. The summed E-state index contributed by atoms with van der Waals surface area (Å²) in [6, 6.07) is 3.88. The smallest absolute Gasteiger partial charge is 0.123 e. The fourth-order valence-corrected chi connectivity index (χ4v) is 3.59. The molecule has 0 amide bonds. The van der Waals surface area contributed by atoms with Crippen LogP contribution in [0.15, 0.2) is 30.9 Å². The van der Waals surface area contributed by atoms with Crippen molar-refractivity contribution in [2.24, 2.45) is 0 Å². The highest BCUT2D eigenvalue weighted by Gasteiger charge is 2.17. The largest absolute Gasteiger partial charge is 0.384 e. The van der Waals surface area contributed by atoms with Crippen LogP contribution in [-0.4, -0.2) is 25.5 Å². The van der Waals surface area contributed by atoms with E-state index in [-0.39, 0.29) is 0 Å². The molecule has 0 spiro atoms. The molecule has 2 aromatic heterocycles. The van der Waals surface area contributed by atoms with Crippen molar-refractivity contribution >= 4 is 17.6 Å². The van der Waals surface area contributed by atoms with E-state index >= 15 is 0 Å². The zero-order valence-electron chi connectivity index (χ0n) is 10.1. The number of nitrogens with two attached hydrogens (primary N) is 1. The van der Waals surface area contributed by atoms with Crippen LogP contribution in [0, 0.1) is 0 Å². The maximum absolute atomic E-state index is 5.73. The molecule has 4 nitrogen and oxygen atoms in total. The van der Waals surface area contributed by atoms with Crippen LogP contribution in [-0.2, 0) is 6.54 Å². The maximum Gasteiger partial charge on any atom is 0.123 e. The molecule has 5 heteroatoms. The third kappa shape index (κ3) is 2.36. The van der Waals surface area contributed by atoms with Crippen molar-refractivity contribution in [1.29, 1.82) is 0 Å². The van der Waals surface area contributed by atoms with E-state index in [0.717, 1.165) is 23.1 Å². The first-order valence-electron chi connectivity index (χ1n) is 6.16. The van der Waals surface area contributed by atoms with E-state index < -0.39 is 0 Å². The van der Waals surface area contributed by atoms with Crippen molar-refractivity contribution in [2.45, 2.75) is 24.6 Å². The van der Waals surface area contributed by atoms with Crippen LogP contribution < -0.4 is 5.73 Å². The molecular formula is C13H16N4S. The van der Waals surface area contributed by atoms with Crippen molar-refractivity contribution in [1.82, 2.24) is 14.5 Å². The molecule has 0 saturated carbocycles. The predicted octanol–water partition coefficient (Wildman–Crippen LogP) is 2.42. The van der Waals surface area contributed by atoms with Crippen LogP contribution in [0.3, 0.4) is 0 Å². The monoisotopic (exact) mass is 260 g/mol. The third-order valence-electron chi connectivity index (χ3n) is 3.21. The summed E-state index contributed by atoms with van der Waals surface area (Å²) in [5, 5.41) is 0.720. The minimum Gasteiger partial charge on any atom is -0.384 e. The number of rotatable bonds is 3. The summed E-state index contributed by atoms with van der Waals surface area (Å²) in [5.41, 5.74) is 7.94. The highest BCUT2D eigenvalue weighted by molar-refractivity contribution is 8.00. The van der Waals surface area contributed by atoms with Crippen molar-refractivity contribution < 1.29 is 0 Å². The molecule has 0 radical (unpaired) electrons. The molecular weight excluding hydrogens is 244 g/mol. The average molecular weight is 260 g/mol. The molecule has 1 atom stereocenters. The van der Waals surface area contributed by atoms with Crippen LogP contribution in [0.2, 0.25) is 0 Å². The summed E-state index contributed by atoms with van der Waals surface area (Å²) in [6.45, 7) is 1.03. The highest BCUT2D eigenvalue weighted by atomic mass is 32.2. The molecule has 1 aliphatic heterocycles. The Bertz CT molecular complexity index is 531. The SMILES string of the molecule is Nc1cc(-c2cncn2CC2CCCS2)ccn1. The van der Waals surface area contributed by atoms with Crippen LogP contribution in [0.25, 0.3) is 11.3 Å². The number of hydrogen-bond acceptors (Lipinski definition) is 4. The lowest BCUT2D eigenvalue weighted by atomic mass is 10.2. The Morgan fingerprint density at radius 1 is 1.50 bits per heavy atom. The van der Waals surface area contributed by atoms with Crippen LogP contribution in [0.5, 0.6) is 0 Å². The second-order valence-electron chi connectivity index (χ2n) is 4.54. The predicted molar refractivity (Wildman–Crippen MR) is 75.4 cm³/mol. The Labute approximate surface area is 111 Å². The third-order valence-corrected chi connectivity index (χ3v) is 4.59. The molecule has 0 bridgehead atoms. The molecule has 1 aliphatic rings. The normalized spacial score (nSPS) is 19.2. The van der Waals surface area contributed by atoms with E-state index in [1.807, 2.05) is 24.7 Å². The summed E-state index contributed by atoms with van der Waals surface area (Å²) in [5.74, 6) is 1.84. The molecule has 3 heterocycles. The van der Waals surface area contributed by atoms with E-state index in [9.17, 15) is 0 Å². The topological polar surface area (TPSA) is 56.7 Å². The molecule has 2 N–H and O–H groups in total. The van der Waals surface area contributed by atoms with Gasteiger partial charge >= 0.3 is 0 Å². The van der Waals surface area contributed by atoms with Gasteiger partial charge in [-0.15, -0.1) is 0 Å². The molecule has 1 saturated heterocycles. The number of anilines is 1. The van der Waals surface area contributed by atoms with Gasteiger partial charge in [0.05, 0.1) is 18.2 Å². The summed E-state index contributed by atoms with van der Waals surface area (Å²) in [6.07, 6.45) is 8.19. The molecule has 3 rings (SSSR count). The van der Waals surface area contributed by atoms with E-state index in [2.05, 4.69) is 26.3 Å². The molecule has 1 fully saturated rings. The number of nitrogens with zero attached hydrogens (tertiary/aromatic N) is 3. The maximum atomic E-state index is 5.73. The van der Waals surface area contributed by atoms with Gasteiger partial charge in [0.15, 0.2) is 0 Å². The van der Waals surface area contributed by atoms with Gasteiger partial charge < -0.3 is 10.3 Å². The Kier molecular flexibility index (Phi) is 3.23. The molecule has 94 valence electrons. The fourth-order valence-electron chi connectivity index (χ4n) is 2.32. The Morgan fingerprint density at radius 3 is 3.22 bits per heavy atom. The van der Waals surface area contributed by atoms with Gasteiger partial charge in [-0.3, -0.25) is 0 Å². The minimum atomic E-state index is 0.551. The summed E-state index contributed by atoms with van der Waals surface area (Å²) >= 11 is 2.06. The minimum absolute atomic E-state index is 0.551. The van der Waals surface area contributed by atoms with E-state index in [4.69, 9.17) is 5.73 Å². The second-order valence-corrected chi connectivity index (χ2v) is 5.94. The van der Waals surface area contributed by atoms with Crippen molar-refractivity contribution in [3.8, 4) is 11.3 Å². The summed E-state index contributed by atoms with van der Waals surface area (Å²) < 4.78 is 2.22. The van der Waals surface area contributed by atoms with Crippen LogP contribution in [0.1, 0.15) is 12.8 Å². The van der Waals surface area contributed by atoms with Gasteiger partial charge in [0, 0.05) is 23.6 Å². The lowest BCUT2D eigenvalue weighted by molar-refractivity contribution is 0.642. The molecule has 0 aromatic carbocycles. The zero-order valence-corrected chi connectivity index (χ0v) is 10.9. The fraction of sp³-hybridized carbons (Fsp3) is 0.385. The average Bonchev–Trinajstić information content (AvgIpc) is 3.01. The molecule has 2 aromatic rings. The second kappa shape index (κ2) is 5.02. The van der Waals surface area contributed by atoms with Crippen LogP contribution in [0.4, 0.5) is 5.82 Å². The van der Waals surface area contributed by atoms with Crippen molar-refractivity contribution in [2.75, 3.05) is 11.5 Å². The first kappa shape index (κ1) is 11.6. The Hall–Kier alpha value is -1.49. The zero-order chi connectivity index (χ0) is 12.4. The number of pyridine rings is 1. The standard InChI is InChI=1S/C13H16N4S/c14-13-6-10(3-4-16-13)12-7-15-9-17(12)8-11-2-1-5-18-11/h3-4,6-7,9,11H,1-2,5,8H2,(H2,14,16). The lowest BCUT2D eigenvalue weighted by Gasteiger charge is -2.12. The Morgan fingerprint density at radius 2 is 2.44 bits per heavy atom. The molecule has 18 heavy (non-hydrogen) atoms. The van der Waals surface area contributed by atoms with Gasteiger partial charge in [-0.1, -0.05) is 0 Å². The van der Waals surface area contributed by atoms with Gasteiger partial charge in [0.2, 0.25) is 0 Å². The number of aromatic nitrogens is 3.